The van der Waals surface area contributed by atoms with E-state index >= 15 is 0 Å². The molecule has 0 radical (unpaired) electrons. The third kappa shape index (κ3) is 2.80. The normalized spacial score (nSPS) is 12.8. The maximum absolute atomic E-state index is 12.7. The average molecular weight is 147 g/mol. The molecule has 3 heteroatoms. The Morgan fingerprint density at radius 1 is 1.60 bits per heavy atom. The summed E-state index contributed by atoms with van der Waals surface area (Å²) in [6, 6.07) is 0. The van der Waals surface area contributed by atoms with Gasteiger partial charge in [0.05, 0.1) is 0 Å². The van der Waals surface area contributed by atoms with E-state index in [-0.39, 0.29) is 0 Å². The van der Waals surface area contributed by atoms with Crippen LogP contribution in [0.2, 0.25) is 0 Å². The number of halogens is 1. The Hall–Kier alpha value is -0.600. The van der Waals surface area contributed by atoms with Crippen molar-refractivity contribution in [3.63, 3.8) is 0 Å². The van der Waals surface area contributed by atoms with Gasteiger partial charge in [-0.25, -0.2) is 4.39 Å². The lowest BCUT2D eigenvalue weighted by molar-refractivity contribution is -0.134. The lowest BCUT2D eigenvalue weighted by Gasteiger charge is -2.12. The molecule has 0 aromatic carbocycles. The minimum absolute atomic E-state index is 0.330. The molecule has 0 fully saturated rings. The van der Waals surface area contributed by atoms with Crippen LogP contribution in [0.25, 0.3) is 0 Å². The van der Waals surface area contributed by atoms with Crippen molar-refractivity contribution < 1.29 is 9.18 Å². The Morgan fingerprint density at radius 2 is 2.10 bits per heavy atom. The molecule has 1 atom stereocenters. The van der Waals surface area contributed by atoms with Crippen molar-refractivity contribution in [3.05, 3.63) is 0 Å². The molecule has 0 aliphatic heterocycles. The monoisotopic (exact) mass is 147 g/mol. The van der Waals surface area contributed by atoms with Gasteiger partial charge >= 0.3 is 0 Å². The summed E-state index contributed by atoms with van der Waals surface area (Å²) in [5.74, 6) is -0.429. The van der Waals surface area contributed by atoms with Crippen LogP contribution in [0.15, 0.2) is 0 Å². The predicted molar refractivity (Wildman–Crippen MR) is 38.5 cm³/mol. The van der Waals surface area contributed by atoms with Crippen LogP contribution < -0.4 is 0 Å². The number of hydrogen-bond acceptors (Lipinski definition) is 1. The zero-order valence-corrected chi connectivity index (χ0v) is 6.72. The van der Waals surface area contributed by atoms with Gasteiger partial charge < -0.3 is 4.90 Å². The van der Waals surface area contributed by atoms with Gasteiger partial charge in [0.2, 0.25) is 0 Å². The van der Waals surface area contributed by atoms with Crippen LogP contribution in [-0.2, 0) is 4.79 Å². The fraction of sp³-hybridized carbons (Fsp3) is 0.857. The van der Waals surface area contributed by atoms with Gasteiger partial charge in [-0.15, -0.1) is 0 Å². The molecule has 10 heavy (non-hydrogen) atoms. The largest absolute Gasteiger partial charge is 0.346 e. The summed E-state index contributed by atoms with van der Waals surface area (Å²) in [6.07, 6.45) is -0.266. The molecule has 0 saturated carbocycles. The number of carbonyl (C=O) groups excluding carboxylic acids is 1. The molecular weight excluding hydrogens is 133 g/mol. The van der Waals surface area contributed by atoms with E-state index in [0.29, 0.717) is 12.8 Å². The first-order valence-corrected chi connectivity index (χ1v) is 3.44. The van der Waals surface area contributed by atoms with Crippen LogP contribution in [0, 0.1) is 0 Å². The number of nitrogens with zero attached hydrogens (tertiary/aromatic N) is 1. The quantitative estimate of drug-likeness (QED) is 0.587. The van der Waals surface area contributed by atoms with Gasteiger partial charge in [0.1, 0.15) is 0 Å². The van der Waals surface area contributed by atoms with Crippen LogP contribution >= 0.6 is 0 Å². The number of hydrogen-bond donors (Lipinski definition) is 0. The highest BCUT2D eigenvalue weighted by Gasteiger charge is 2.16. The summed E-state index contributed by atoms with van der Waals surface area (Å²) in [6.45, 7) is 1.86. The molecule has 0 saturated heterocycles. The van der Waals surface area contributed by atoms with E-state index in [4.69, 9.17) is 0 Å². The highest BCUT2D eigenvalue weighted by atomic mass is 19.1. The molecule has 0 N–H and O–H groups in total. The number of rotatable bonds is 3. The predicted octanol–water partition coefficient (Wildman–Crippen LogP) is 1.21. The zero-order chi connectivity index (χ0) is 8.15. The van der Waals surface area contributed by atoms with E-state index in [9.17, 15) is 9.18 Å². The molecule has 0 bridgehead atoms. The van der Waals surface area contributed by atoms with Crippen molar-refractivity contribution in [2.75, 3.05) is 14.1 Å². The topological polar surface area (TPSA) is 20.3 Å². The van der Waals surface area contributed by atoms with E-state index in [1.807, 2.05) is 6.92 Å². The third-order valence-electron chi connectivity index (χ3n) is 1.25. The molecule has 0 aromatic rings. The zero-order valence-electron chi connectivity index (χ0n) is 6.72. The molecular formula is C7H14FNO. The lowest BCUT2D eigenvalue weighted by atomic mass is 10.2. The van der Waals surface area contributed by atoms with Crippen LogP contribution in [0.1, 0.15) is 19.8 Å². The number of alkyl halides is 1. The molecule has 0 heterocycles. The minimum Gasteiger partial charge on any atom is -0.346 e. The highest BCUT2D eigenvalue weighted by Crippen LogP contribution is 2.03. The smallest absolute Gasteiger partial charge is 0.256 e. The Kier molecular flexibility index (Phi) is 4.00. The summed E-state index contributed by atoms with van der Waals surface area (Å²) >= 11 is 0. The molecule has 2 nitrogen and oxygen atoms in total. The van der Waals surface area contributed by atoms with Gasteiger partial charge in [-0.1, -0.05) is 13.3 Å². The Bertz CT molecular complexity index is 114. The Balaban J connectivity index is 3.71. The SMILES string of the molecule is CCCC(F)C(=O)N(C)C. The molecule has 60 valence electrons. The van der Waals surface area contributed by atoms with Crippen molar-refractivity contribution in [1.29, 1.82) is 0 Å². The van der Waals surface area contributed by atoms with Crippen molar-refractivity contribution in [2.24, 2.45) is 0 Å². The molecule has 1 amide bonds. The maximum Gasteiger partial charge on any atom is 0.256 e. The second kappa shape index (κ2) is 4.25. The van der Waals surface area contributed by atoms with Crippen molar-refractivity contribution in [3.8, 4) is 0 Å². The van der Waals surface area contributed by atoms with Crippen LogP contribution in [-0.4, -0.2) is 31.1 Å². The standard InChI is InChI=1S/C7H14FNO/c1-4-5-6(8)7(10)9(2)3/h6H,4-5H2,1-3H3. The van der Waals surface area contributed by atoms with Crippen LogP contribution in [0.5, 0.6) is 0 Å². The second-order valence-electron chi connectivity index (χ2n) is 2.49. The summed E-state index contributed by atoms with van der Waals surface area (Å²) in [4.78, 5) is 12.1. The van der Waals surface area contributed by atoms with E-state index in [2.05, 4.69) is 0 Å². The first-order valence-electron chi connectivity index (χ1n) is 3.44. The van der Waals surface area contributed by atoms with Crippen molar-refractivity contribution >= 4 is 5.91 Å². The second-order valence-corrected chi connectivity index (χ2v) is 2.49. The van der Waals surface area contributed by atoms with E-state index in [0.717, 1.165) is 0 Å². The van der Waals surface area contributed by atoms with Gasteiger partial charge in [0.15, 0.2) is 6.17 Å². The molecule has 0 aromatic heterocycles. The Labute approximate surface area is 61.0 Å². The van der Waals surface area contributed by atoms with Crippen LogP contribution in [0.3, 0.4) is 0 Å². The van der Waals surface area contributed by atoms with Crippen LogP contribution in [0.4, 0.5) is 4.39 Å². The summed E-state index contributed by atoms with van der Waals surface area (Å²) in [5, 5.41) is 0. The highest BCUT2D eigenvalue weighted by molar-refractivity contribution is 5.80. The molecule has 1 unspecified atom stereocenters. The van der Waals surface area contributed by atoms with E-state index < -0.39 is 12.1 Å². The summed E-state index contributed by atoms with van der Waals surface area (Å²) in [5.41, 5.74) is 0. The molecule has 0 aliphatic rings. The molecule has 0 aliphatic carbocycles. The molecule has 0 spiro atoms. The van der Waals surface area contributed by atoms with Gasteiger partial charge in [0, 0.05) is 14.1 Å². The summed E-state index contributed by atoms with van der Waals surface area (Å²) in [7, 11) is 3.12. The first kappa shape index (κ1) is 9.40. The van der Waals surface area contributed by atoms with Gasteiger partial charge in [-0.3, -0.25) is 4.79 Å². The fourth-order valence-electron chi connectivity index (χ4n) is 0.657. The maximum atomic E-state index is 12.7. The van der Waals surface area contributed by atoms with E-state index in [1.54, 1.807) is 14.1 Å². The number of amides is 1. The lowest BCUT2D eigenvalue weighted by Crippen LogP contribution is -2.30. The average Bonchev–Trinajstić information content (AvgIpc) is 1.87. The van der Waals surface area contributed by atoms with Gasteiger partial charge in [-0.05, 0) is 6.42 Å². The van der Waals surface area contributed by atoms with Gasteiger partial charge in [0.25, 0.3) is 5.91 Å². The summed E-state index contributed by atoms with van der Waals surface area (Å²) < 4.78 is 12.7. The number of carbonyl (C=O) groups is 1. The minimum atomic E-state index is -1.31. The van der Waals surface area contributed by atoms with E-state index in [1.165, 1.54) is 4.90 Å². The first-order chi connectivity index (χ1) is 4.59. The van der Waals surface area contributed by atoms with Crippen molar-refractivity contribution in [1.82, 2.24) is 4.90 Å². The van der Waals surface area contributed by atoms with Gasteiger partial charge in [-0.2, -0.15) is 0 Å². The Morgan fingerprint density at radius 3 is 2.40 bits per heavy atom. The fourth-order valence-corrected chi connectivity index (χ4v) is 0.657. The third-order valence-corrected chi connectivity index (χ3v) is 1.25. The molecule has 0 rings (SSSR count). The van der Waals surface area contributed by atoms with Crippen molar-refractivity contribution in [2.45, 2.75) is 25.9 Å².